The number of fused-ring (bicyclic) bond motifs is 1. The largest absolute Gasteiger partial charge is 0.486 e. The summed E-state index contributed by atoms with van der Waals surface area (Å²) in [5.74, 6) is 1.24. The second-order valence-corrected chi connectivity index (χ2v) is 8.06. The molecule has 8 heteroatoms. The van der Waals surface area contributed by atoms with E-state index in [-0.39, 0.29) is 5.91 Å². The van der Waals surface area contributed by atoms with Crippen LogP contribution in [0.3, 0.4) is 0 Å². The molecule has 0 aromatic heterocycles. The van der Waals surface area contributed by atoms with Crippen LogP contribution in [-0.2, 0) is 4.79 Å². The molecule has 2 aromatic rings. The smallest absolute Gasteiger partial charge is 0.253 e. The maximum Gasteiger partial charge on any atom is 0.253 e. The number of allylic oxidation sites excluding steroid dienone is 1. The van der Waals surface area contributed by atoms with Crippen LogP contribution in [0.15, 0.2) is 53.7 Å². The molecule has 0 aliphatic carbocycles. The number of halogens is 1. The van der Waals surface area contributed by atoms with Crippen LogP contribution in [-0.4, -0.2) is 43.2 Å². The minimum atomic E-state index is -0.449. The number of hydrogen-bond acceptors (Lipinski definition) is 4. The number of ether oxygens (including phenoxy) is 2. The molecule has 156 valence electrons. The molecule has 0 radical (unpaired) electrons. The molecule has 0 fully saturated rings. The molecule has 0 spiro atoms. The van der Waals surface area contributed by atoms with Crippen molar-refractivity contribution in [2.24, 2.45) is 0 Å². The number of hydrogen-bond donors (Lipinski definition) is 1. The summed E-state index contributed by atoms with van der Waals surface area (Å²) in [5, 5.41) is 4.36. The average Bonchev–Trinajstić information content (AvgIpc) is 2.73. The molecule has 0 bridgehead atoms. The molecule has 4 rings (SSSR count). The molecule has 0 saturated heterocycles. The number of thiocarbonyl (C=S) groups is 1. The molecule has 6 nitrogen and oxygen atoms in total. The molecule has 2 aliphatic heterocycles. The summed E-state index contributed by atoms with van der Waals surface area (Å²) in [7, 11) is 3.46. The van der Waals surface area contributed by atoms with Crippen LogP contribution in [0.25, 0.3) is 0 Å². The summed E-state index contributed by atoms with van der Waals surface area (Å²) in [4.78, 5) is 16.6. The summed E-state index contributed by atoms with van der Waals surface area (Å²) in [5.41, 5.74) is 2.90. The first-order valence-corrected chi connectivity index (χ1v) is 10.3. The summed E-state index contributed by atoms with van der Waals surface area (Å²) in [6.45, 7) is 2.91. The van der Waals surface area contributed by atoms with E-state index in [0.29, 0.717) is 40.4 Å². The molecule has 0 unspecified atom stereocenters. The number of benzene rings is 2. The fourth-order valence-electron chi connectivity index (χ4n) is 3.69. The van der Waals surface area contributed by atoms with Gasteiger partial charge in [-0.1, -0.05) is 29.8 Å². The van der Waals surface area contributed by atoms with E-state index in [9.17, 15) is 4.79 Å². The van der Waals surface area contributed by atoms with Crippen LogP contribution in [0.4, 0.5) is 5.69 Å². The van der Waals surface area contributed by atoms with Crippen LogP contribution >= 0.6 is 23.8 Å². The predicted molar refractivity (Wildman–Crippen MR) is 121 cm³/mol. The van der Waals surface area contributed by atoms with Gasteiger partial charge in [0.1, 0.15) is 13.2 Å². The lowest BCUT2D eigenvalue weighted by molar-refractivity contribution is -0.125. The standard InChI is InChI=1S/C22H22ClN3O3S/c1-13-19(21(27)25(2)3)20(15-6-4-5-7-16(15)23)24-22(30)26(13)14-8-9-17-18(12-14)29-11-10-28-17/h4-9,12,20H,10-11H2,1-3H3,(H,24,30)/t20-/m1/s1. The third kappa shape index (κ3) is 3.59. The number of rotatable bonds is 3. The van der Waals surface area contributed by atoms with E-state index in [4.69, 9.17) is 33.3 Å². The minimum Gasteiger partial charge on any atom is -0.486 e. The van der Waals surface area contributed by atoms with Crippen molar-refractivity contribution in [1.82, 2.24) is 10.2 Å². The van der Waals surface area contributed by atoms with Gasteiger partial charge in [-0.25, -0.2) is 0 Å². The van der Waals surface area contributed by atoms with Crippen LogP contribution in [0.5, 0.6) is 11.5 Å². The van der Waals surface area contributed by atoms with Crippen molar-refractivity contribution < 1.29 is 14.3 Å². The molecule has 1 amide bonds. The van der Waals surface area contributed by atoms with E-state index in [1.165, 1.54) is 0 Å². The van der Waals surface area contributed by atoms with Gasteiger partial charge in [0.2, 0.25) is 0 Å². The highest BCUT2D eigenvalue weighted by Gasteiger charge is 2.36. The van der Waals surface area contributed by atoms with Gasteiger partial charge in [-0.2, -0.15) is 0 Å². The van der Waals surface area contributed by atoms with Crippen molar-refractivity contribution in [3.05, 3.63) is 64.3 Å². The Bertz CT molecular complexity index is 1050. The van der Waals surface area contributed by atoms with Crippen LogP contribution in [0, 0.1) is 0 Å². The Morgan fingerprint density at radius 2 is 1.87 bits per heavy atom. The third-order valence-electron chi connectivity index (χ3n) is 5.12. The van der Waals surface area contributed by atoms with E-state index in [2.05, 4.69) is 5.32 Å². The van der Waals surface area contributed by atoms with E-state index >= 15 is 0 Å². The zero-order valence-corrected chi connectivity index (χ0v) is 18.5. The van der Waals surface area contributed by atoms with Crippen LogP contribution < -0.4 is 19.7 Å². The van der Waals surface area contributed by atoms with E-state index in [1.807, 2.05) is 54.3 Å². The van der Waals surface area contributed by atoms with Gasteiger partial charge in [0.05, 0.1) is 17.3 Å². The van der Waals surface area contributed by atoms with Gasteiger partial charge in [-0.15, -0.1) is 0 Å². The van der Waals surface area contributed by atoms with Gasteiger partial charge in [0.15, 0.2) is 16.6 Å². The Labute approximate surface area is 186 Å². The quantitative estimate of drug-likeness (QED) is 0.726. The van der Waals surface area contributed by atoms with Crippen LogP contribution in [0.1, 0.15) is 18.5 Å². The highest BCUT2D eigenvalue weighted by atomic mass is 35.5. The summed E-state index contributed by atoms with van der Waals surface area (Å²) in [6, 6.07) is 12.6. The summed E-state index contributed by atoms with van der Waals surface area (Å²) in [6.07, 6.45) is 0. The Morgan fingerprint density at radius 1 is 1.17 bits per heavy atom. The molecule has 2 aliphatic rings. The summed E-state index contributed by atoms with van der Waals surface area (Å²) < 4.78 is 11.3. The molecule has 30 heavy (non-hydrogen) atoms. The Hall–Kier alpha value is -2.77. The van der Waals surface area contributed by atoms with Gasteiger partial charge in [0.25, 0.3) is 5.91 Å². The molecule has 1 N–H and O–H groups in total. The lowest BCUT2D eigenvalue weighted by Crippen LogP contribution is -2.49. The number of anilines is 1. The fraction of sp³-hybridized carbons (Fsp3) is 0.273. The van der Waals surface area contributed by atoms with Gasteiger partial charge in [-0.3, -0.25) is 9.69 Å². The first-order valence-electron chi connectivity index (χ1n) is 9.55. The second-order valence-electron chi connectivity index (χ2n) is 7.27. The first kappa shape index (κ1) is 20.5. The number of carbonyl (C=O) groups is 1. The highest BCUT2D eigenvalue weighted by molar-refractivity contribution is 7.80. The maximum absolute atomic E-state index is 13.2. The Kier molecular flexibility index (Phi) is 5.58. The van der Waals surface area contributed by atoms with Crippen LogP contribution in [0.2, 0.25) is 5.02 Å². The lowest BCUT2D eigenvalue weighted by atomic mass is 9.93. The minimum absolute atomic E-state index is 0.116. The predicted octanol–water partition coefficient (Wildman–Crippen LogP) is 3.91. The second kappa shape index (κ2) is 8.16. The van der Waals surface area contributed by atoms with Crippen molar-refractivity contribution in [2.45, 2.75) is 13.0 Å². The molecule has 1 atom stereocenters. The topological polar surface area (TPSA) is 54.0 Å². The van der Waals surface area contributed by atoms with Crippen molar-refractivity contribution >= 4 is 40.5 Å². The monoisotopic (exact) mass is 443 g/mol. The number of carbonyl (C=O) groups excluding carboxylic acids is 1. The van der Waals surface area contributed by atoms with Crippen molar-refractivity contribution in [2.75, 3.05) is 32.2 Å². The molecule has 0 saturated carbocycles. The Balaban J connectivity index is 1.84. The SMILES string of the molecule is CC1=C(C(=O)N(C)C)[C@@H](c2ccccc2Cl)NC(=S)N1c1ccc2c(c1)OCCO2. The van der Waals surface area contributed by atoms with Gasteiger partial charge < -0.3 is 19.7 Å². The fourth-order valence-corrected chi connectivity index (χ4v) is 4.29. The molecule has 2 heterocycles. The normalized spacial score (nSPS) is 18.2. The van der Waals surface area contributed by atoms with Crippen molar-refractivity contribution in [1.29, 1.82) is 0 Å². The van der Waals surface area contributed by atoms with Crippen molar-refractivity contribution in [3.8, 4) is 11.5 Å². The lowest BCUT2D eigenvalue weighted by Gasteiger charge is -2.39. The van der Waals surface area contributed by atoms with Gasteiger partial charge in [0, 0.05) is 30.9 Å². The highest BCUT2D eigenvalue weighted by Crippen LogP contribution is 2.39. The van der Waals surface area contributed by atoms with Gasteiger partial charge in [-0.05, 0) is 42.9 Å². The third-order valence-corrected chi connectivity index (χ3v) is 5.77. The molecular weight excluding hydrogens is 422 g/mol. The first-order chi connectivity index (χ1) is 14.4. The van der Waals surface area contributed by atoms with Gasteiger partial charge >= 0.3 is 0 Å². The number of nitrogens with zero attached hydrogens (tertiary/aromatic N) is 2. The van der Waals surface area contributed by atoms with Crippen molar-refractivity contribution in [3.63, 3.8) is 0 Å². The maximum atomic E-state index is 13.2. The zero-order valence-electron chi connectivity index (χ0n) is 16.9. The molecular formula is C22H22ClN3O3S. The number of likely N-dealkylation sites (N-methyl/N-ethyl adjacent to an activating group) is 1. The van der Waals surface area contributed by atoms with E-state index < -0.39 is 6.04 Å². The number of amides is 1. The zero-order chi connectivity index (χ0) is 21.4. The van der Waals surface area contributed by atoms with E-state index in [0.717, 1.165) is 16.9 Å². The number of nitrogens with one attached hydrogen (secondary N) is 1. The van der Waals surface area contributed by atoms with E-state index in [1.54, 1.807) is 19.0 Å². The summed E-state index contributed by atoms with van der Waals surface area (Å²) >= 11 is 12.2. The Morgan fingerprint density at radius 3 is 2.57 bits per heavy atom. The average molecular weight is 444 g/mol. The molecule has 2 aromatic carbocycles.